The Hall–Kier alpha value is -1.98. The lowest BCUT2D eigenvalue weighted by Gasteiger charge is -2.09. The maximum Gasteiger partial charge on any atom is 0.161 e. The third-order valence-corrected chi connectivity index (χ3v) is 3.29. The van der Waals surface area contributed by atoms with Crippen molar-refractivity contribution in [3.05, 3.63) is 46.2 Å². The highest BCUT2D eigenvalue weighted by atomic mass is 35.5. The molecule has 0 amide bonds. The molecule has 0 saturated heterocycles. The molecule has 0 fully saturated rings. The maximum absolute atomic E-state index is 6.01. The Morgan fingerprint density at radius 3 is 2.29 bits per heavy atom. The molecule has 0 aliphatic carbocycles. The van der Waals surface area contributed by atoms with E-state index in [-0.39, 0.29) is 5.84 Å². The average Bonchev–Trinajstić information content (AvgIpc) is 2.50. The van der Waals surface area contributed by atoms with Crippen molar-refractivity contribution < 1.29 is 9.47 Å². The molecule has 0 radical (unpaired) electrons. The molecule has 7 heteroatoms. The van der Waals surface area contributed by atoms with Crippen LogP contribution in [0.4, 0.5) is 5.69 Å². The van der Waals surface area contributed by atoms with E-state index < -0.39 is 0 Å². The summed E-state index contributed by atoms with van der Waals surface area (Å²) in [6.45, 7) is 0. The van der Waals surface area contributed by atoms with E-state index in [1.54, 1.807) is 32.4 Å². The summed E-state index contributed by atoms with van der Waals surface area (Å²) in [6.07, 6.45) is 2.91. The molecule has 2 rings (SSSR count). The van der Waals surface area contributed by atoms with Gasteiger partial charge in [-0.15, -0.1) is 0 Å². The van der Waals surface area contributed by atoms with E-state index in [9.17, 15) is 0 Å². The molecule has 21 heavy (non-hydrogen) atoms. The van der Waals surface area contributed by atoms with Crippen LogP contribution < -0.4 is 15.2 Å². The van der Waals surface area contributed by atoms with Gasteiger partial charge in [-0.2, -0.15) is 0 Å². The van der Waals surface area contributed by atoms with E-state index in [4.69, 9.17) is 38.4 Å². The molecule has 0 saturated carbocycles. The fourth-order valence-corrected chi connectivity index (χ4v) is 2.14. The lowest BCUT2D eigenvalue weighted by Crippen LogP contribution is -2.13. The lowest BCUT2D eigenvalue weighted by atomic mass is 10.2. The smallest absolute Gasteiger partial charge is 0.161 e. The highest BCUT2D eigenvalue weighted by Gasteiger charge is 2.10. The minimum Gasteiger partial charge on any atom is -0.493 e. The number of halogens is 2. The second-order valence-corrected chi connectivity index (χ2v) is 4.83. The Labute approximate surface area is 132 Å². The number of amidine groups is 1. The van der Waals surface area contributed by atoms with Crippen molar-refractivity contribution in [3.8, 4) is 11.5 Å². The summed E-state index contributed by atoms with van der Waals surface area (Å²) in [5, 5.41) is 0.650. The molecule has 2 aromatic rings. The Kier molecular flexibility index (Phi) is 4.88. The monoisotopic (exact) mass is 325 g/mol. The van der Waals surface area contributed by atoms with Crippen molar-refractivity contribution in [2.45, 2.75) is 0 Å². The number of nitrogens with zero attached hydrogens (tertiary/aromatic N) is 2. The zero-order chi connectivity index (χ0) is 15.4. The molecular formula is C14H13Cl2N3O2. The largest absolute Gasteiger partial charge is 0.493 e. The number of aliphatic imine (C=N–C) groups is 1. The zero-order valence-corrected chi connectivity index (χ0v) is 12.9. The predicted octanol–water partition coefficient (Wildman–Crippen LogP) is 3.44. The van der Waals surface area contributed by atoms with Gasteiger partial charge in [-0.3, -0.25) is 4.98 Å². The molecule has 5 nitrogen and oxygen atoms in total. The second kappa shape index (κ2) is 6.65. The van der Waals surface area contributed by atoms with Crippen molar-refractivity contribution in [1.82, 2.24) is 4.98 Å². The number of hydrogen-bond acceptors (Lipinski definition) is 4. The quantitative estimate of drug-likeness (QED) is 0.690. The van der Waals surface area contributed by atoms with Crippen molar-refractivity contribution in [1.29, 1.82) is 0 Å². The first-order chi connectivity index (χ1) is 10.1. The summed E-state index contributed by atoms with van der Waals surface area (Å²) in [5.41, 5.74) is 7.03. The van der Waals surface area contributed by atoms with Crippen LogP contribution in [-0.2, 0) is 0 Å². The molecule has 0 unspecified atom stereocenters. The van der Waals surface area contributed by atoms with Crippen LogP contribution in [0.15, 0.2) is 35.6 Å². The molecule has 0 spiro atoms. The fraction of sp³-hybridized carbons (Fsp3) is 0.143. The Morgan fingerprint density at radius 1 is 1.10 bits per heavy atom. The van der Waals surface area contributed by atoms with Gasteiger partial charge >= 0.3 is 0 Å². The van der Waals surface area contributed by atoms with E-state index in [2.05, 4.69) is 9.98 Å². The first kappa shape index (κ1) is 15.4. The summed E-state index contributed by atoms with van der Waals surface area (Å²) in [5.74, 6) is 1.42. The number of benzene rings is 1. The van der Waals surface area contributed by atoms with Crippen LogP contribution in [0.3, 0.4) is 0 Å². The molecule has 0 aliphatic heterocycles. The highest BCUT2D eigenvalue weighted by molar-refractivity contribution is 6.38. The van der Waals surface area contributed by atoms with Gasteiger partial charge in [0.15, 0.2) is 11.5 Å². The first-order valence-corrected chi connectivity index (χ1v) is 6.68. The van der Waals surface area contributed by atoms with E-state index in [0.717, 1.165) is 0 Å². The summed E-state index contributed by atoms with van der Waals surface area (Å²) in [4.78, 5) is 8.12. The van der Waals surface area contributed by atoms with Gasteiger partial charge in [0.2, 0.25) is 0 Å². The van der Waals surface area contributed by atoms with Gasteiger partial charge < -0.3 is 15.2 Å². The molecule has 1 aromatic heterocycles. The fourth-order valence-electron chi connectivity index (χ4n) is 1.69. The van der Waals surface area contributed by atoms with Gasteiger partial charge in [0.05, 0.1) is 24.3 Å². The minimum atomic E-state index is 0.256. The Morgan fingerprint density at radius 2 is 1.71 bits per heavy atom. The van der Waals surface area contributed by atoms with Crippen LogP contribution in [0.25, 0.3) is 0 Å². The Bertz CT molecular complexity index is 670. The zero-order valence-electron chi connectivity index (χ0n) is 11.4. The maximum atomic E-state index is 6.01. The van der Waals surface area contributed by atoms with Gasteiger partial charge in [-0.05, 0) is 18.2 Å². The van der Waals surface area contributed by atoms with E-state index in [0.29, 0.717) is 32.8 Å². The number of methoxy groups -OCH3 is 2. The number of rotatable bonds is 4. The SMILES string of the molecule is COc1ccc(C(N)=Nc2c(Cl)cncc2Cl)cc1OC. The van der Waals surface area contributed by atoms with Crippen LogP contribution in [0.1, 0.15) is 5.56 Å². The molecule has 2 N–H and O–H groups in total. The molecule has 0 bridgehead atoms. The topological polar surface area (TPSA) is 69.7 Å². The van der Waals surface area contributed by atoms with Gasteiger partial charge in [0.25, 0.3) is 0 Å². The first-order valence-electron chi connectivity index (χ1n) is 5.92. The lowest BCUT2D eigenvalue weighted by molar-refractivity contribution is 0.355. The van der Waals surface area contributed by atoms with E-state index in [1.165, 1.54) is 12.4 Å². The van der Waals surface area contributed by atoms with Gasteiger partial charge in [0.1, 0.15) is 11.5 Å². The molecule has 1 heterocycles. The highest BCUT2D eigenvalue weighted by Crippen LogP contribution is 2.32. The standard InChI is InChI=1S/C14H13Cl2N3O2/c1-20-11-4-3-8(5-12(11)21-2)14(17)19-13-9(15)6-18-7-10(13)16/h3-7H,1-2H3,(H2,17,18,19). The van der Waals surface area contributed by atoms with Gasteiger partial charge in [0, 0.05) is 18.0 Å². The van der Waals surface area contributed by atoms with Crippen molar-refractivity contribution in [2.24, 2.45) is 10.7 Å². The molecule has 0 aliphatic rings. The van der Waals surface area contributed by atoms with Crippen molar-refractivity contribution >= 4 is 34.7 Å². The second-order valence-electron chi connectivity index (χ2n) is 4.02. The van der Waals surface area contributed by atoms with E-state index >= 15 is 0 Å². The van der Waals surface area contributed by atoms with Gasteiger partial charge in [-0.1, -0.05) is 23.2 Å². The third-order valence-electron chi connectivity index (χ3n) is 2.74. The van der Waals surface area contributed by atoms with Crippen LogP contribution >= 0.6 is 23.2 Å². The number of hydrogen-bond donors (Lipinski definition) is 1. The van der Waals surface area contributed by atoms with Crippen molar-refractivity contribution in [3.63, 3.8) is 0 Å². The third kappa shape index (κ3) is 3.37. The Balaban J connectivity index is 2.44. The summed E-state index contributed by atoms with van der Waals surface area (Å²) in [6, 6.07) is 5.23. The van der Waals surface area contributed by atoms with Crippen LogP contribution in [0, 0.1) is 0 Å². The summed E-state index contributed by atoms with van der Waals surface area (Å²) < 4.78 is 10.4. The number of ether oxygens (including phenoxy) is 2. The molecule has 0 atom stereocenters. The number of pyridine rings is 1. The summed E-state index contributed by atoms with van der Waals surface area (Å²) >= 11 is 12.0. The minimum absolute atomic E-state index is 0.256. The molecule has 110 valence electrons. The van der Waals surface area contributed by atoms with Crippen LogP contribution in [-0.4, -0.2) is 25.0 Å². The average molecular weight is 326 g/mol. The van der Waals surface area contributed by atoms with E-state index in [1.807, 2.05) is 0 Å². The van der Waals surface area contributed by atoms with Crippen molar-refractivity contribution in [2.75, 3.05) is 14.2 Å². The molecule has 1 aromatic carbocycles. The molecular weight excluding hydrogens is 313 g/mol. The number of aromatic nitrogens is 1. The predicted molar refractivity (Wildman–Crippen MR) is 84.2 cm³/mol. The van der Waals surface area contributed by atoms with Gasteiger partial charge in [-0.25, -0.2) is 4.99 Å². The normalized spacial score (nSPS) is 11.3. The van der Waals surface area contributed by atoms with Crippen LogP contribution in [0.5, 0.6) is 11.5 Å². The van der Waals surface area contributed by atoms with Crippen LogP contribution in [0.2, 0.25) is 10.0 Å². The number of nitrogens with two attached hydrogens (primary N) is 1. The summed E-state index contributed by atoms with van der Waals surface area (Å²) in [7, 11) is 3.11.